The van der Waals surface area contributed by atoms with Crippen molar-refractivity contribution >= 4 is 0 Å². The predicted octanol–water partition coefficient (Wildman–Crippen LogP) is 4.12. The third kappa shape index (κ3) is 4.08. The summed E-state index contributed by atoms with van der Waals surface area (Å²) in [6.45, 7) is 5.47. The minimum Gasteiger partial charge on any atom is -0.381 e. The number of rotatable bonds is 4. The maximum atomic E-state index is 5.49. The molecule has 1 N–H and O–H groups in total. The fraction of sp³-hybridized carbons (Fsp3) is 0.684. The summed E-state index contributed by atoms with van der Waals surface area (Å²) in [6.07, 6.45) is 7.74. The highest BCUT2D eigenvalue weighted by molar-refractivity contribution is 5.20. The van der Waals surface area contributed by atoms with Crippen LogP contribution in [-0.4, -0.2) is 25.8 Å². The van der Waals surface area contributed by atoms with Gasteiger partial charge in [-0.15, -0.1) is 0 Å². The Morgan fingerprint density at radius 3 is 2.38 bits per heavy atom. The molecule has 1 aliphatic heterocycles. The topological polar surface area (TPSA) is 21.3 Å². The Morgan fingerprint density at radius 2 is 1.71 bits per heavy atom. The molecule has 2 nitrogen and oxygen atoms in total. The van der Waals surface area contributed by atoms with Crippen LogP contribution in [0, 0.1) is 5.41 Å². The SMILES string of the molecule is CC1(CNC2CCC(c3ccccc3)CC2)CCOCC1. The Labute approximate surface area is 129 Å². The smallest absolute Gasteiger partial charge is 0.0471 e. The average molecular weight is 287 g/mol. The van der Waals surface area contributed by atoms with Crippen LogP contribution < -0.4 is 5.32 Å². The summed E-state index contributed by atoms with van der Waals surface area (Å²) in [5, 5.41) is 3.85. The van der Waals surface area contributed by atoms with Crippen LogP contribution in [0.15, 0.2) is 30.3 Å². The second-order valence-corrected chi connectivity index (χ2v) is 7.26. The van der Waals surface area contributed by atoms with Crippen molar-refractivity contribution < 1.29 is 4.74 Å². The van der Waals surface area contributed by atoms with Crippen molar-refractivity contribution in [1.29, 1.82) is 0 Å². The average Bonchev–Trinajstić information content (AvgIpc) is 2.55. The van der Waals surface area contributed by atoms with Crippen LogP contribution in [0.25, 0.3) is 0 Å². The molecule has 1 heterocycles. The molecule has 0 unspecified atom stereocenters. The van der Waals surface area contributed by atoms with Gasteiger partial charge in [0.2, 0.25) is 0 Å². The highest BCUT2D eigenvalue weighted by Crippen LogP contribution is 2.34. The molecule has 2 fully saturated rings. The van der Waals surface area contributed by atoms with E-state index in [9.17, 15) is 0 Å². The lowest BCUT2D eigenvalue weighted by molar-refractivity contribution is 0.0222. The summed E-state index contributed by atoms with van der Waals surface area (Å²) in [6, 6.07) is 11.8. The maximum Gasteiger partial charge on any atom is 0.0471 e. The zero-order valence-electron chi connectivity index (χ0n) is 13.3. The standard InChI is InChI=1S/C19H29NO/c1-19(11-13-21-14-12-19)15-20-18-9-7-17(8-10-18)16-5-3-2-4-6-16/h2-6,17-18,20H,7-15H2,1H3. The molecule has 1 aromatic carbocycles. The van der Waals surface area contributed by atoms with Gasteiger partial charge < -0.3 is 10.1 Å². The van der Waals surface area contributed by atoms with Gasteiger partial charge in [-0.25, -0.2) is 0 Å². The fourth-order valence-electron chi connectivity index (χ4n) is 3.79. The first kappa shape index (κ1) is 15.1. The Bertz CT molecular complexity index is 416. The summed E-state index contributed by atoms with van der Waals surface area (Å²) in [4.78, 5) is 0. The largest absolute Gasteiger partial charge is 0.381 e. The van der Waals surface area contributed by atoms with E-state index in [-0.39, 0.29) is 0 Å². The first-order valence-corrected chi connectivity index (χ1v) is 8.61. The van der Waals surface area contributed by atoms with E-state index < -0.39 is 0 Å². The van der Waals surface area contributed by atoms with E-state index in [1.54, 1.807) is 0 Å². The molecule has 0 aromatic heterocycles. The van der Waals surface area contributed by atoms with Crippen LogP contribution in [-0.2, 0) is 4.74 Å². The summed E-state index contributed by atoms with van der Waals surface area (Å²) in [5.74, 6) is 0.780. The van der Waals surface area contributed by atoms with Crippen LogP contribution in [0.2, 0.25) is 0 Å². The summed E-state index contributed by atoms with van der Waals surface area (Å²) >= 11 is 0. The van der Waals surface area contributed by atoms with Crippen molar-refractivity contribution in [3.05, 3.63) is 35.9 Å². The summed E-state index contributed by atoms with van der Waals surface area (Å²) in [7, 11) is 0. The summed E-state index contributed by atoms with van der Waals surface area (Å²) in [5.41, 5.74) is 1.99. The van der Waals surface area contributed by atoms with E-state index in [0.29, 0.717) is 5.41 Å². The molecule has 3 rings (SSSR count). The highest BCUT2D eigenvalue weighted by atomic mass is 16.5. The molecule has 0 amide bonds. The van der Waals surface area contributed by atoms with Crippen LogP contribution >= 0.6 is 0 Å². The minimum atomic E-state index is 0.453. The van der Waals surface area contributed by atoms with Gasteiger partial charge >= 0.3 is 0 Å². The van der Waals surface area contributed by atoms with Gasteiger partial charge in [-0.05, 0) is 55.4 Å². The molecule has 0 atom stereocenters. The van der Waals surface area contributed by atoms with E-state index in [4.69, 9.17) is 4.74 Å². The first-order chi connectivity index (χ1) is 10.3. The van der Waals surface area contributed by atoms with Crippen LogP contribution in [0.3, 0.4) is 0 Å². The van der Waals surface area contributed by atoms with Crippen molar-refractivity contribution in [1.82, 2.24) is 5.32 Å². The molecule has 0 bridgehead atoms. The zero-order valence-corrected chi connectivity index (χ0v) is 13.3. The lowest BCUT2D eigenvalue weighted by atomic mass is 9.79. The second-order valence-electron chi connectivity index (χ2n) is 7.26. The van der Waals surface area contributed by atoms with Crippen molar-refractivity contribution in [3.63, 3.8) is 0 Å². The highest BCUT2D eigenvalue weighted by Gasteiger charge is 2.29. The number of ether oxygens (including phenoxy) is 1. The van der Waals surface area contributed by atoms with Gasteiger partial charge in [0.15, 0.2) is 0 Å². The van der Waals surface area contributed by atoms with E-state index in [2.05, 4.69) is 42.6 Å². The van der Waals surface area contributed by atoms with Gasteiger partial charge in [-0.1, -0.05) is 37.3 Å². The minimum absolute atomic E-state index is 0.453. The molecule has 1 aromatic rings. The fourth-order valence-corrected chi connectivity index (χ4v) is 3.79. The Balaban J connectivity index is 1.43. The molecular formula is C19H29NO. The lowest BCUT2D eigenvalue weighted by Gasteiger charge is -2.37. The van der Waals surface area contributed by atoms with E-state index in [1.165, 1.54) is 44.1 Å². The Morgan fingerprint density at radius 1 is 1.05 bits per heavy atom. The molecule has 2 heteroatoms. The van der Waals surface area contributed by atoms with Crippen molar-refractivity contribution in [3.8, 4) is 0 Å². The maximum absolute atomic E-state index is 5.49. The van der Waals surface area contributed by atoms with Gasteiger partial charge in [0.1, 0.15) is 0 Å². The zero-order chi connectivity index (χ0) is 14.5. The quantitative estimate of drug-likeness (QED) is 0.899. The molecular weight excluding hydrogens is 258 g/mol. The van der Waals surface area contributed by atoms with E-state index in [1.807, 2.05) is 0 Å². The van der Waals surface area contributed by atoms with Crippen molar-refractivity contribution in [2.75, 3.05) is 19.8 Å². The van der Waals surface area contributed by atoms with Gasteiger partial charge in [0, 0.05) is 25.8 Å². The molecule has 1 saturated carbocycles. The van der Waals surface area contributed by atoms with E-state index >= 15 is 0 Å². The predicted molar refractivity (Wildman–Crippen MR) is 87.6 cm³/mol. The normalized spacial score (nSPS) is 29.2. The molecule has 2 aliphatic rings. The van der Waals surface area contributed by atoms with Gasteiger partial charge in [0.25, 0.3) is 0 Å². The molecule has 116 valence electrons. The number of benzene rings is 1. The molecule has 21 heavy (non-hydrogen) atoms. The monoisotopic (exact) mass is 287 g/mol. The molecule has 1 aliphatic carbocycles. The third-order valence-electron chi connectivity index (χ3n) is 5.52. The third-order valence-corrected chi connectivity index (χ3v) is 5.52. The molecule has 1 saturated heterocycles. The number of hydrogen-bond donors (Lipinski definition) is 1. The van der Waals surface area contributed by atoms with Gasteiger partial charge in [0.05, 0.1) is 0 Å². The van der Waals surface area contributed by atoms with Crippen LogP contribution in [0.5, 0.6) is 0 Å². The van der Waals surface area contributed by atoms with Crippen LogP contribution in [0.1, 0.15) is 56.9 Å². The molecule has 0 radical (unpaired) electrons. The van der Waals surface area contributed by atoms with E-state index in [0.717, 1.165) is 31.7 Å². The Hall–Kier alpha value is -0.860. The van der Waals surface area contributed by atoms with Crippen molar-refractivity contribution in [2.45, 2.75) is 57.4 Å². The van der Waals surface area contributed by atoms with Gasteiger partial charge in [-0.2, -0.15) is 0 Å². The van der Waals surface area contributed by atoms with Crippen LogP contribution in [0.4, 0.5) is 0 Å². The second kappa shape index (κ2) is 6.93. The number of nitrogens with one attached hydrogen (secondary N) is 1. The first-order valence-electron chi connectivity index (χ1n) is 8.61. The summed E-state index contributed by atoms with van der Waals surface area (Å²) < 4.78 is 5.49. The van der Waals surface area contributed by atoms with Crippen molar-refractivity contribution in [2.24, 2.45) is 5.41 Å². The lowest BCUT2D eigenvalue weighted by Crippen LogP contribution is -2.42. The number of hydrogen-bond acceptors (Lipinski definition) is 2. The molecule has 0 spiro atoms. The van der Waals surface area contributed by atoms with Gasteiger partial charge in [-0.3, -0.25) is 0 Å². The Kier molecular flexibility index (Phi) is 4.97.